The van der Waals surface area contributed by atoms with Gasteiger partial charge in [0.1, 0.15) is 0 Å². The quantitative estimate of drug-likeness (QED) is 0.858. The molecule has 100 valence electrons. The summed E-state index contributed by atoms with van der Waals surface area (Å²) in [6.07, 6.45) is 0. The molecule has 4 heteroatoms. The Morgan fingerprint density at radius 1 is 1.44 bits per heavy atom. The first-order valence-electron chi connectivity index (χ1n) is 6.03. The van der Waals surface area contributed by atoms with E-state index in [0.29, 0.717) is 13.2 Å². The van der Waals surface area contributed by atoms with Gasteiger partial charge in [-0.3, -0.25) is 4.79 Å². The Kier molecular flexibility index (Phi) is 5.31. The summed E-state index contributed by atoms with van der Waals surface area (Å²) in [5, 5.41) is 0. The number of carbonyl (C=O) groups excluding carboxylic acids is 1. The molecule has 1 atom stereocenters. The molecule has 1 unspecified atom stereocenters. The number of methoxy groups -OCH3 is 1. The van der Waals surface area contributed by atoms with Gasteiger partial charge in [0, 0.05) is 32.3 Å². The first-order valence-corrected chi connectivity index (χ1v) is 6.03. The number of ether oxygens (including phenoxy) is 1. The largest absolute Gasteiger partial charge is 0.383 e. The smallest absolute Gasteiger partial charge is 0.253 e. The number of carbonyl (C=O) groups is 1. The SMILES string of the molecule is COCC(N)CN(C)C(=O)c1cc(C)ccc1C. The maximum absolute atomic E-state index is 12.3. The lowest BCUT2D eigenvalue weighted by Crippen LogP contribution is -2.41. The number of amides is 1. The third-order valence-electron chi connectivity index (χ3n) is 2.86. The Morgan fingerprint density at radius 3 is 2.72 bits per heavy atom. The Labute approximate surface area is 109 Å². The van der Waals surface area contributed by atoms with Crippen LogP contribution in [0.4, 0.5) is 0 Å². The molecule has 0 bridgehead atoms. The van der Waals surface area contributed by atoms with Crippen LogP contribution in [0.5, 0.6) is 0 Å². The molecule has 0 fully saturated rings. The van der Waals surface area contributed by atoms with Gasteiger partial charge in [-0.25, -0.2) is 0 Å². The van der Waals surface area contributed by atoms with E-state index in [1.807, 2.05) is 32.0 Å². The van der Waals surface area contributed by atoms with Gasteiger partial charge in [0.15, 0.2) is 0 Å². The van der Waals surface area contributed by atoms with Crippen LogP contribution in [0.25, 0.3) is 0 Å². The summed E-state index contributed by atoms with van der Waals surface area (Å²) in [5.74, 6) is 0.00255. The van der Waals surface area contributed by atoms with Crippen LogP contribution < -0.4 is 5.73 Å². The Bertz CT molecular complexity index is 418. The molecule has 1 aromatic rings. The fourth-order valence-corrected chi connectivity index (χ4v) is 1.87. The second kappa shape index (κ2) is 6.52. The Hall–Kier alpha value is -1.39. The van der Waals surface area contributed by atoms with E-state index < -0.39 is 0 Å². The van der Waals surface area contributed by atoms with E-state index in [-0.39, 0.29) is 11.9 Å². The van der Waals surface area contributed by atoms with Crippen LogP contribution in [0.3, 0.4) is 0 Å². The topological polar surface area (TPSA) is 55.6 Å². The molecule has 0 saturated heterocycles. The lowest BCUT2D eigenvalue weighted by atomic mass is 10.0. The maximum Gasteiger partial charge on any atom is 0.253 e. The molecule has 0 spiro atoms. The van der Waals surface area contributed by atoms with E-state index in [4.69, 9.17) is 10.5 Å². The molecule has 0 aliphatic carbocycles. The summed E-state index contributed by atoms with van der Waals surface area (Å²) in [7, 11) is 3.37. The fraction of sp³-hybridized carbons (Fsp3) is 0.500. The van der Waals surface area contributed by atoms with Crippen LogP contribution in [0.15, 0.2) is 18.2 Å². The highest BCUT2D eigenvalue weighted by Crippen LogP contribution is 2.12. The van der Waals surface area contributed by atoms with Gasteiger partial charge in [0.2, 0.25) is 0 Å². The highest BCUT2D eigenvalue weighted by molar-refractivity contribution is 5.95. The number of benzene rings is 1. The van der Waals surface area contributed by atoms with E-state index in [0.717, 1.165) is 16.7 Å². The van der Waals surface area contributed by atoms with Crippen molar-refractivity contribution in [2.45, 2.75) is 19.9 Å². The van der Waals surface area contributed by atoms with Crippen LogP contribution in [-0.2, 0) is 4.74 Å². The van der Waals surface area contributed by atoms with Crippen LogP contribution >= 0.6 is 0 Å². The van der Waals surface area contributed by atoms with Crippen LogP contribution in [0, 0.1) is 13.8 Å². The van der Waals surface area contributed by atoms with Gasteiger partial charge >= 0.3 is 0 Å². The van der Waals surface area contributed by atoms with Crippen molar-refractivity contribution in [3.63, 3.8) is 0 Å². The van der Waals surface area contributed by atoms with E-state index in [2.05, 4.69) is 0 Å². The third kappa shape index (κ3) is 3.82. The van der Waals surface area contributed by atoms with E-state index >= 15 is 0 Å². The number of hydrogen-bond donors (Lipinski definition) is 1. The highest BCUT2D eigenvalue weighted by Gasteiger charge is 2.16. The summed E-state index contributed by atoms with van der Waals surface area (Å²) < 4.78 is 4.97. The first kappa shape index (κ1) is 14.7. The van der Waals surface area contributed by atoms with Crippen LogP contribution in [0.1, 0.15) is 21.5 Å². The molecule has 2 N–H and O–H groups in total. The van der Waals surface area contributed by atoms with E-state index in [1.54, 1.807) is 19.1 Å². The predicted molar refractivity (Wildman–Crippen MR) is 72.7 cm³/mol. The minimum absolute atomic E-state index is 0.00255. The van der Waals surface area contributed by atoms with Crippen molar-refractivity contribution >= 4 is 5.91 Å². The molecule has 0 aliphatic rings. The molecule has 1 rings (SSSR count). The molecule has 0 aromatic heterocycles. The molecular weight excluding hydrogens is 228 g/mol. The van der Waals surface area contributed by atoms with Crippen molar-refractivity contribution in [3.05, 3.63) is 34.9 Å². The van der Waals surface area contributed by atoms with Crippen LogP contribution in [0.2, 0.25) is 0 Å². The summed E-state index contributed by atoms with van der Waals surface area (Å²) in [6, 6.07) is 5.72. The lowest BCUT2D eigenvalue weighted by molar-refractivity contribution is 0.0764. The van der Waals surface area contributed by atoms with Crippen molar-refractivity contribution in [1.29, 1.82) is 0 Å². The lowest BCUT2D eigenvalue weighted by Gasteiger charge is -2.22. The second-order valence-electron chi connectivity index (χ2n) is 4.72. The standard InChI is InChI=1S/C14H22N2O2/c1-10-5-6-11(2)13(7-10)14(17)16(3)8-12(15)9-18-4/h5-7,12H,8-9,15H2,1-4H3. The van der Waals surface area contributed by atoms with Gasteiger partial charge in [-0.15, -0.1) is 0 Å². The zero-order valence-corrected chi connectivity index (χ0v) is 11.6. The molecule has 0 saturated carbocycles. The van der Waals surface area contributed by atoms with E-state index in [1.165, 1.54) is 0 Å². The van der Waals surface area contributed by atoms with Crippen molar-refractivity contribution in [2.24, 2.45) is 5.73 Å². The minimum atomic E-state index is -0.158. The number of aryl methyl sites for hydroxylation is 2. The van der Waals surface area contributed by atoms with Gasteiger partial charge in [0.05, 0.1) is 6.61 Å². The fourth-order valence-electron chi connectivity index (χ4n) is 1.87. The zero-order chi connectivity index (χ0) is 13.7. The molecule has 1 aromatic carbocycles. The van der Waals surface area contributed by atoms with Gasteiger partial charge < -0.3 is 15.4 Å². The average Bonchev–Trinajstić information content (AvgIpc) is 2.31. The van der Waals surface area contributed by atoms with Crippen molar-refractivity contribution < 1.29 is 9.53 Å². The number of likely N-dealkylation sites (N-methyl/N-ethyl adjacent to an activating group) is 1. The maximum atomic E-state index is 12.3. The summed E-state index contributed by atoms with van der Waals surface area (Å²) in [5.41, 5.74) is 8.65. The predicted octanol–water partition coefficient (Wildman–Crippen LogP) is 1.35. The monoisotopic (exact) mass is 250 g/mol. The summed E-state index contributed by atoms with van der Waals surface area (Å²) in [4.78, 5) is 13.9. The third-order valence-corrected chi connectivity index (χ3v) is 2.86. The molecule has 0 heterocycles. The van der Waals surface area contributed by atoms with Crippen molar-refractivity contribution in [1.82, 2.24) is 4.90 Å². The number of hydrogen-bond acceptors (Lipinski definition) is 3. The normalized spacial score (nSPS) is 12.3. The first-order chi connectivity index (χ1) is 8.45. The minimum Gasteiger partial charge on any atom is -0.383 e. The second-order valence-corrected chi connectivity index (χ2v) is 4.72. The number of nitrogens with zero attached hydrogens (tertiary/aromatic N) is 1. The number of nitrogens with two attached hydrogens (primary N) is 1. The van der Waals surface area contributed by atoms with Gasteiger partial charge in [-0.2, -0.15) is 0 Å². The van der Waals surface area contributed by atoms with Gasteiger partial charge in [0.25, 0.3) is 5.91 Å². The molecule has 4 nitrogen and oxygen atoms in total. The summed E-state index contributed by atoms with van der Waals surface area (Å²) in [6.45, 7) is 4.85. The molecule has 1 amide bonds. The van der Waals surface area contributed by atoms with Crippen molar-refractivity contribution in [2.75, 3.05) is 27.3 Å². The molecular formula is C14H22N2O2. The molecule has 0 radical (unpaired) electrons. The van der Waals surface area contributed by atoms with E-state index in [9.17, 15) is 4.79 Å². The Morgan fingerprint density at radius 2 is 2.11 bits per heavy atom. The Balaban J connectivity index is 2.77. The molecule has 0 aliphatic heterocycles. The number of rotatable bonds is 5. The summed E-state index contributed by atoms with van der Waals surface area (Å²) >= 11 is 0. The van der Waals surface area contributed by atoms with Gasteiger partial charge in [-0.1, -0.05) is 17.7 Å². The highest BCUT2D eigenvalue weighted by atomic mass is 16.5. The zero-order valence-electron chi connectivity index (χ0n) is 11.6. The average molecular weight is 250 g/mol. The van der Waals surface area contributed by atoms with Crippen molar-refractivity contribution in [3.8, 4) is 0 Å². The van der Waals surface area contributed by atoms with Crippen LogP contribution in [-0.4, -0.2) is 44.2 Å². The molecule has 18 heavy (non-hydrogen) atoms. The van der Waals surface area contributed by atoms with Gasteiger partial charge in [-0.05, 0) is 25.5 Å².